The number of nitrogens with one attached hydrogen (secondary N) is 2. The Labute approximate surface area is 137 Å². The van der Waals surface area contributed by atoms with Gasteiger partial charge in [0.1, 0.15) is 11.6 Å². The van der Waals surface area contributed by atoms with Gasteiger partial charge >= 0.3 is 6.61 Å². The first-order valence-corrected chi connectivity index (χ1v) is 7.86. The van der Waals surface area contributed by atoms with E-state index >= 15 is 0 Å². The summed E-state index contributed by atoms with van der Waals surface area (Å²) in [6.07, 6.45) is 3.62. The zero-order chi connectivity index (χ0) is 16.9. The molecule has 1 aliphatic carbocycles. The molecule has 1 aliphatic rings. The van der Waals surface area contributed by atoms with Crippen molar-refractivity contribution in [2.75, 3.05) is 6.54 Å². The normalized spacial score (nSPS) is 14.0. The van der Waals surface area contributed by atoms with Crippen LogP contribution >= 0.6 is 0 Å². The first kappa shape index (κ1) is 16.4. The smallest absolute Gasteiger partial charge is 0.387 e. The highest BCUT2D eigenvalue weighted by Gasteiger charge is 2.27. The van der Waals surface area contributed by atoms with E-state index in [-0.39, 0.29) is 11.3 Å². The number of carbonyl (C=O) groups excluding carboxylic acids is 1. The number of benzene rings is 1. The molecule has 1 aromatic carbocycles. The number of alkyl halides is 2. The third kappa shape index (κ3) is 4.27. The Bertz CT molecular complexity index is 701. The number of ether oxygens (including phenoxy) is 1. The number of halogens is 2. The monoisotopic (exact) mass is 336 g/mol. The topological polar surface area (TPSA) is 79.9 Å². The van der Waals surface area contributed by atoms with E-state index in [4.69, 9.17) is 0 Å². The number of rotatable bonds is 8. The fraction of sp³-hybridized carbons (Fsp3) is 0.438. The third-order valence-corrected chi connectivity index (χ3v) is 3.72. The van der Waals surface area contributed by atoms with Crippen LogP contribution in [-0.4, -0.2) is 34.2 Å². The number of hydrogen-bond donors (Lipinski definition) is 2. The molecule has 1 heterocycles. The van der Waals surface area contributed by atoms with Crippen LogP contribution in [0, 0.1) is 0 Å². The van der Waals surface area contributed by atoms with Crippen molar-refractivity contribution in [3.8, 4) is 5.75 Å². The number of H-pyrrole nitrogens is 1. The number of carbonyl (C=O) groups is 1. The maximum absolute atomic E-state index is 12.4. The quantitative estimate of drug-likeness (QED) is 0.726. The van der Waals surface area contributed by atoms with Crippen molar-refractivity contribution >= 4 is 5.91 Å². The van der Waals surface area contributed by atoms with Crippen molar-refractivity contribution in [1.29, 1.82) is 0 Å². The van der Waals surface area contributed by atoms with Gasteiger partial charge in [0, 0.05) is 18.9 Å². The molecule has 24 heavy (non-hydrogen) atoms. The van der Waals surface area contributed by atoms with Gasteiger partial charge in [-0.25, -0.2) is 4.98 Å². The van der Waals surface area contributed by atoms with E-state index in [1.54, 1.807) is 6.07 Å². The molecule has 0 atom stereocenters. The Balaban J connectivity index is 1.46. The van der Waals surface area contributed by atoms with Crippen LogP contribution in [0.3, 0.4) is 0 Å². The average molecular weight is 336 g/mol. The molecule has 1 saturated carbocycles. The zero-order valence-electron chi connectivity index (χ0n) is 13.0. The van der Waals surface area contributed by atoms with E-state index in [9.17, 15) is 13.6 Å². The van der Waals surface area contributed by atoms with Gasteiger partial charge in [-0.05, 0) is 31.4 Å². The third-order valence-electron chi connectivity index (χ3n) is 3.72. The van der Waals surface area contributed by atoms with Crippen molar-refractivity contribution in [3.05, 3.63) is 41.5 Å². The Morgan fingerprint density at radius 2 is 2.17 bits per heavy atom. The molecule has 128 valence electrons. The molecule has 0 unspecified atom stereocenters. The van der Waals surface area contributed by atoms with Crippen LogP contribution in [0.4, 0.5) is 8.78 Å². The molecule has 8 heteroatoms. The number of aryl methyl sites for hydroxylation is 1. The van der Waals surface area contributed by atoms with Crippen molar-refractivity contribution < 1.29 is 18.3 Å². The van der Waals surface area contributed by atoms with Crippen molar-refractivity contribution in [3.63, 3.8) is 0 Å². The minimum atomic E-state index is -2.97. The second-order valence-corrected chi connectivity index (χ2v) is 5.65. The molecule has 1 fully saturated rings. The molecule has 6 nitrogen and oxygen atoms in total. The van der Waals surface area contributed by atoms with Gasteiger partial charge < -0.3 is 10.1 Å². The summed E-state index contributed by atoms with van der Waals surface area (Å²) in [6, 6.07) is 5.93. The van der Waals surface area contributed by atoms with Crippen molar-refractivity contribution in [2.45, 2.75) is 38.2 Å². The molecule has 1 amide bonds. The highest BCUT2D eigenvalue weighted by Crippen LogP contribution is 2.37. The molecular weight excluding hydrogens is 318 g/mol. The summed E-state index contributed by atoms with van der Waals surface area (Å²) in [7, 11) is 0. The SMILES string of the molecule is O=C(NCCCc1nc(C2CC2)n[nH]1)c1ccccc1OC(F)F. The minimum absolute atomic E-state index is 0.0912. The molecule has 0 spiro atoms. The van der Waals surface area contributed by atoms with E-state index in [0.717, 1.165) is 24.5 Å². The highest BCUT2D eigenvalue weighted by molar-refractivity contribution is 5.96. The van der Waals surface area contributed by atoms with Gasteiger partial charge in [-0.3, -0.25) is 9.89 Å². The van der Waals surface area contributed by atoms with E-state index in [1.807, 2.05) is 0 Å². The van der Waals surface area contributed by atoms with E-state index in [1.165, 1.54) is 18.2 Å². The molecular formula is C16H18F2N4O2. The van der Waals surface area contributed by atoms with Gasteiger partial charge in [0.15, 0.2) is 5.82 Å². The number of hydrogen-bond acceptors (Lipinski definition) is 4. The standard InChI is InChI=1S/C16H18F2N4O2/c17-16(18)24-12-5-2-1-4-11(12)15(23)19-9-3-6-13-20-14(22-21-13)10-7-8-10/h1-2,4-5,10,16H,3,6-9H2,(H,19,23)(H,20,21,22). The molecule has 3 rings (SSSR count). The van der Waals surface area contributed by atoms with Crippen LogP contribution in [0.15, 0.2) is 24.3 Å². The lowest BCUT2D eigenvalue weighted by Gasteiger charge is -2.10. The van der Waals surface area contributed by atoms with Crippen LogP contribution in [0.5, 0.6) is 5.75 Å². The maximum atomic E-state index is 12.4. The number of para-hydroxylation sites is 1. The maximum Gasteiger partial charge on any atom is 0.387 e. The Morgan fingerprint density at radius 3 is 2.92 bits per heavy atom. The number of aromatic amines is 1. The number of nitrogens with zero attached hydrogens (tertiary/aromatic N) is 2. The zero-order valence-corrected chi connectivity index (χ0v) is 13.0. The van der Waals surface area contributed by atoms with Gasteiger partial charge in [-0.1, -0.05) is 12.1 Å². The van der Waals surface area contributed by atoms with E-state index in [0.29, 0.717) is 25.3 Å². The summed E-state index contributed by atoms with van der Waals surface area (Å²) in [4.78, 5) is 16.5. The summed E-state index contributed by atoms with van der Waals surface area (Å²) >= 11 is 0. The first-order valence-electron chi connectivity index (χ1n) is 7.86. The highest BCUT2D eigenvalue weighted by atomic mass is 19.3. The predicted octanol–water partition coefficient (Wildman–Crippen LogP) is 2.65. The number of aromatic nitrogens is 3. The fourth-order valence-electron chi connectivity index (χ4n) is 2.35. The Kier molecular flexibility index (Phi) is 5.02. The van der Waals surface area contributed by atoms with Crippen LogP contribution in [0.25, 0.3) is 0 Å². The van der Waals surface area contributed by atoms with Crippen LogP contribution in [-0.2, 0) is 6.42 Å². The van der Waals surface area contributed by atoms with Crippen molar-refractivity contribution in [1.82, 2.24) is 20.5 Å². The van der Waals surface area contributed by atoms with Gasteiger partial charge in [-0.2, -0.15) is 13.9 Å². The van der Waals surface area contributed by atoms with Gasteiger partial charge in [0.25, 0.3) is 5.91 Å². The largest absolute Gasteiger partial charge is 0.434 e. The molecule has 0 radical (unpaired) electrons. The molecule has 2 N–H and O–H groups in total. The summed E-state index contributed by atoms with van der Waals surface area (Å²) < 4.78 is 29.1. The van der Waals surface area contributed by atoms with Crippen LogP contribution < -0.4 is 10.1 Å². The Morgan fingerprint density at radius 1 is 1.38 bits per heavy atom. The summed E-state index contributed by atoms with van der Waals surface area (Å²) in [5.74, 6) is 1.59. The molecule has 1 aromatic heterocycles. The minimum Gasteiger partial charge on any atom is -0.434 e. The molecule has 0 bridgehead atoms. The van der Waals surface area contributed by atoms with Gasteiger partial charge in [0.05, 0.1) is 5.56 Å². The lowest BCUT2D eigenvalue weighted by atomic mass is 10.2. The first-order chi connectivity index (χ1) is 11.6. The fourth-order valence-corrected chi connectivity index (χ4v) is 2.35. The van der Waals surface area contributed by atoms with E-state index < -0.39 is 12.5 Å². The predicted molar refractivity (Wildman–Crippen MR) is 82.1 cm³/mol. The summed E-state index contributed by atoms with van der Waals surface area (Å²) in [6.45, 7) is -2.56. The summed E-state index contributed by atoms with van der Waals surface area (Å²) in [5.41, 5.74) is 0.0912. The number of amides is 1. The van der Waals surface area contributed by atoms with E-state index in [2.05, 4.69) is 25.2 Å². The Hall–Kier alpha value is -2.51. The second kappa shape index (κ2) is 7.37. The lowest BCUT2D eigenvalue weighted by molar-refractivity contribution is -0.0501. The van der Waals surface area contributed by atoms with Crippen LogP contribution in [0.1, 0.15) is 47.2 Å². The van der Waals surface area contributed by atoms with Gasteiger partial charge in [0.2, 0.25) is 0 Å². The molecule has 2 aromatic rings. The lowest BCUT2D eigenvalue weighted by Crippen LogP contribution is -2.25. The van der Waals surface area contributed by atoms with Crippen molar-refractivity contribution in [2.24, 2.45) is 0 Å². The second-order valence-electron chi connectivity index (χ2n) is 5.65. The summed E-state index contributed by atoms with van der Waals surface area (Å²) in [5, 5.41) is 9.77. The molecule has 0 aliphatic heterocycles. The average Bonchev–Trinajstić information content (AvgIpc) is 3.30. The van der Waals surface area contributed by atoms with Gasteiger partial charge in [-0.15, -0.1) is 0 Å². The molecule has 0 saturated heterocycles. The van der Waals surface area contributed by atoms with Crippen LogP contribution in [0.2, 0.25) is 0 Å².